The summed E-state index contributed by atoms with van der Waals surface area (Å²) in [7, 11) is 4.38. The van der Waals surface area contributed by atoms with Gasteiger partial charge in [0.25, 0.3) is 0 Å². The van der Waals surface area contributed by atoms with Crippen molar-refractivity contribution in [1.82, 2.24) is 9.13 Å². The minimum Gasteiger partial charge on any atom is -0.343 e. The van der Waals surface area contributed by atoms with Crippen LogP contribution in [0.25, 0.3) is 55.4 Å². The molecular weight excluding hydrogens is 412 g/mol. The van der Waals surface area contributed by atoms with Crippen LogP contribution in [0.1, 0.15) is 11.1 Å². The molecule has 0 spiro atoms. The van der Waals surface area contributed by atoms with E-state index in [1.165, 1.54) is 66.6 Å². The molecule has 6 aromatic rings. The normalized spacial score (nSPS) is 11.5. The van der Waals surface area contributed by atoms with Gasteiger partial charge in [-0.3, -0.25) is 0 Å². The van der Waals surface area contributed by atoms with Crippen LogP contribution in [0.4, 0.5) is 0 Å². The number of benzene rings is 4. The molecule has 2 heterocycles. The van der Waals surface area contributed by atoms with Crippen molar-refractivity contribution in [3.05, 3.63) is 108 Å². The number of aromatic nitrogens is 2. The van der Waals surface area contributed by atoms with Crippen LogP contribution < -0.4 is 0 Å². The first kappa shape index (κ1) is 20.6. The summed E-state index contributed by atoms with van der Waals surface area (Å²) in [5.74, 6) is 0. The SMILES string of the molecule is Cc1ccc(-c2c(-c3c(-c4ccc(C)cc4)n(C)c4ccccc34)c3ccccc3n2C)cc1. The lowest BCUT2D eigenvalue weighted by Gasteiger charge is -2.13. The van der Waals surface area contributed by atoms with E-state index in [0.29, 0.717) is 0 Å². The summed E-state index contributed by atoms with van der Waals surface area (Å²) in [5.41, 5.74) is 12.6. The second-order valence-electron chi connectivity index (χ2n) is 9.33. The average molecular weight is 441 g/mol. The minimum absolute atomic E-state index is 1.24. The van der Waals surface area contributed by atoms with Crippen LogP contribution in [-0.4, -0.2) is 9.13 Å². The molecule has 0 aliphatic heterocycles. The van der Waals surface area contributed by atoms with Gasteiger partial charge in [0.2, 0.25) is 0 Å². The number of aryl methyl sites for hydroxylation is 4. The van der Waals surface area contributed by atoms with Gasteiger partial charge in [-0.2, -0.15) is 0 Å². The van der Waals surface area contributed by atoms with E-state index in [0.717, 1.165) is 0 Å². The van der Waals surface area contributed by atoms with E-state index < -0.39 is 0 Å². The molecule has 0 fully saturated rings. The topological polar surface area (TPSA) is 9.86 Å². The predicted octanol–water partition coefficient (Wildman–Crippen LogP) is 8.29. The smallest absolute Gasteiger partial charge is 0.0569 e. The maximum absolute atomic E-state index is 2.36. The Morgan fingerprint density at radius 2 is 0.794 bits per heavy atom. The number of para-hydroxylation sites is 2. The average Bonchev–Trinajstić information content (AvgIpc) is 3.31. The maximum Gasteiger partial charge on any atom is 0.0569 e. The Balaban J connectivity index is 1.81. The standard InChI is InChI=1S/C32H28N2/c1-21-13-17-23(18-14-21)31-29(25-9-5-7-11-27(25)33(31)3)30-26-10-6-8-12-28(26)34(4)32(30)24-19-15-22(2)16-20-24/h5-20H,1-4H3. The lowest BCUT2D eigenvalue weighted by molar-refractivity contribution is 0.974. The van der Waals surface area contributed by atoms with Gasteiger partial charge >= 0.3 is 0 Å². The van der Waals surface area contributed by atoms with E-state index in [9.17, 15) is 0 Å². The number of nitrogens with zero attached hydrogens (tertiary/aromatic N) is 2. The molecule has 166 valence electrons. The highest BCUT2D eigenvalue weighted by Crippen LogP contribution is 2.48. The third kappa shape index (κ3) is 3.03. The second-order valence-corrected chi connectivity index (χ2v) is 9.33. The van der Waals surface area contributed by atoms with E-state index in [-0.39, 0.29) is 0 Å². The Kier molecular flexibility index (Phi) is 4.70. The maximum atomic E-state index is 2.36. The zero-order valence-electron chi connectivity index (χ0n) is 20.1. The van der Waals surface area contributed by atoms with Gasteiger partial charge in [-0.25, -0.2) is 0 Å². The molecule has 0 atom stereocenters. The van der Waals surface area contributed by atoms with Gasteiger partial charge in [-0.1, -0.05) is 96.1 Å². The fourth-order valence-electron chi connectivity index (χ4n) is 5.39. The fraction of sp³-hybridized carbons (Fsp3) is 0.125. The second kappa shape index (κ2) is 7.78. The highest BCUT2D eigenvalue weighted by Gasteiger charge is 2.25. The van der Waals surface area contributed by atoms with Crippen molar-refractivity contribution in [2.75, 3.05) is 0 Å². The van der Waals surface area contributed by atoms with Crippen LogP contribution >= 0.6 is 0 Å². The highest BCUT2D eigenvalue weighted by atomic mass is 15.0. The lowest BCUT2D eigenvalue weighted by Crippen LogP contribution is -1.95. The first-order chi connectivity index (χ1) is 16.5. The van der Waals surface area contributed by atoms with Crippen LogP contribution in [0, 0.1) is 13.8 Å². The third-order valence-electron chi connectivity index (χ3n) is 7.11. The van der Waals surface area contributed by atoms with Crippen molar-refractivity contribution < 1.29 is 0 Å². The molecule has 4 aromatic carbocycles. The van der Waals surface area contributed by atoms with Crippen molar-refractivity contribution in [3.63, 3.8) is 0 Å². The summed E-state index contributed by atoms with van der Waals surface area (Å²) in [5, 5.41) is 2.57. The van der Waals surface area contributed by atoms with E-state index in [1.54, 1.807) is 0 Å². The Labute approximate surface area is 200 Å². The molecule has 0 saturated heterocycles. The molecule has 0 amide bonds. The molecule has 0 unspecified atom stereocenters. The molecule has 0 saturated carbocycles. The minimum atomic E-state index is 1.24. The number of fused-ring (bicyclic) bond motifs is 2. The van der Waals surface area contributed by atoms with Crippen molar-refractivity contribution in [2.24, 2.45) is 14.1 Å². The molecule has 0 bridgehead atoms. The molecule has 0 aliphatic carbocycles. The van der Waals surface area contributed by atoms with Gasteiger partial charge in [0.15, 0.2) is 0 Å². The van der Waals surface area contributed by atoms with Crippen LogP contribution in [0.2, 0.25) is 0 Å². The van der Waals surface area contributed by atoms with Crippen LogP contribution in [0.3, 0.4) is 0 Å². The van der Waals surface area contributed by atoms with Crippen molar-refractivity contribution in [1.29, 1.82) is 0 Å². The van der Waals surface area contributed by atoms with E-state index in [2.05, 4.69) is 134 Å². The Morgan fingerprint density at radius 1 is 0.441 bits per heavy atom. The van der Waals surface area contributed by atoms with Gasteiger partial charge in [-0.15, -0.1) is 0 Å². The molecule has 0 radical (unpaired) electrons. The third-order valence-corrected chi connectivity index (χ3v) is 7.11. The van der Waals surface area contributed by atoms with Crippen molar-refractivity contribution in [2.45, 2.75) is 13.8 Å². The summed E-state index contributed by atoms with van der Waals surface area (Å²) in [6, 6.07) is 35.4. The summed E-state index contributed by atoms with van der Waals surface area (Å²) in [6.07, 6.45) is 0. The Bertz CT molecular complexity index is 1530. The van der Waals surface area contributed by atoms with Gasteiger partial charge in [0, 0.05) is 47.0 Å². The number of hydrogen-bond acceptors (Lipinski definition) is 0. The molecule has 0 N–H and O–H groups in total. The van der Waals surface area contributed by atoms with Gasteiger partial charge in [0.05, 0.1) is 11.4 Å². The summed E-state index contributed by atoms with van der Waals surface area (Å²) < 4.78 is 4.71. The Hall–Kier alpha value is -4.04. The Morgan fingerprint density at radius 3 is 1.18 bits per heavy atom. The number of rotatable bonds is 3. The highest BCUT2D eigenvalue weighted by molar-refractivity contribution is 6.15. The summed E-state index contributed by atoms with van der Waals surface area (Å²) in [4.78, 5) is 0. The molecule has 2 aromatic heterocycles. The van der Waals surface area contributed by atoms with Gasteiger partial charge in [0.1, 0.15) is 0 Å². The molecule has 2 nitrogen and oxygen atoms in total. The molecular formula is C32H28N2. The van der Waals surface area contributed by atoms with Crippen LogP contribution in [0.5, 0.6) is 0 Å². The zero-order valence-corrected chi connectivity index (χ0v) is 20.1. The molecule has 0 aliphatic rings. The largest absolute Gasteiger partial charge is 0.343 e. The van der Waals surface area contributed by atoms with Gasteiger partial charge < -0.3 is 9.13 Å². The predicted molar refractivity (Wildman–Crippen MR) is 145 cm³/mol. The fourth-order valence-corrected chi connectivity index (χ4v) is 5.39. The molecule has 34 heavy (non-hydrogen) atoms. The zero-order chi connectivity index (χ0) is 23.4. The van der Waals surface area contributed by atoms with Crippen LogP contribution in [0.15, 0.2) is 97.1 Å². The van der Waals surface area contributed by atoms with Crippen molar-refractivity contribution >= 4 is 21.8 Å². The quantitative estimate of drug-likeness (QED) is 0.262. The lowest BCUT2D eigenvalue weighted by atomic mass is 9.93. The van der Waals surface area contributed by atoms with E-state index in [1.807, 2.05) is 0 Å². The van der Waals surface area contributed by atoms with Crippen molar-refractivity contribution in [3.8, 4) is 33.6 Å². The monoisotopic (exact) mass is 440 g/mol. The number of hydrogen-bond donors (Lipinski definition) is 0. The van der Waals surface area contributed by atoms with E-state index in [4.69, 9.17) is 0 Å². The molecule has 2 heteroatoms. The summed E-state index contributed by atoms with van der Waals surface area (Å²) in [6.45, 7) is 4.29. The summed E-state index contributed by atoms with van der Waals surface area (Å²) >= 11 is 0. The first-order valence-electron chi connectivity index (χ1n) is 11.8. The van der Waals surface area contributed by atoms with E-state index >= 15 is 0 Å². The van der Waals surface area contributed by atoms with Crippen LogP contribution in [-0.2, 0) is 14.1 Å². The molecule has 6 rings (SSSR count). The van der Waals surface area contributed by atoms with Gasteiger partial charge in [-0.05, 0) is 37.1 Å². The first-order valence-corrected chi connectivity index (χ1v) is 11.8.